The predicted molar refractivity (Wildman–Crippen MR) is 88.3 cm³/mol. The molecule has 0 saturated carbocycles. The quantitative estimate of drug-likeness (QED) is 0.545. The van der Waals surface area contributed by atoms with Crippen LogP contribution in [0, 0.1) is 0 Å². The fourth-order valence-electron chi connectivity index (χ4n) is 2.41. The maximum absolute atomic E-state index is 12.8. The van der Waals surface area contributed by atoms with Gasteiger partial charge < -0.3 is 5.32 Å². The van der Waals surface area contributed by atoms with Crippen molar-refractivity contribution in [1.29, 1.82) is 0 Å². The molecule has 0 heterocycles. The van der Waals surface area contributed by atoms with Crippen LogP contribution in [0.5, 0.6) is 0 Å². The third-order valence-corrected chi connectivity index (χ3v) is 3.81. The number of alkyl halides is 6. The van der Waals surface area contributed by atoms with E-state index in [4.69, 9.17) is 0 Å². The topological polar surface area (TPSA) is 46.2 Å². The Balaban J connectivity index is 2.01. The van der Waals surface area contributed by atoms with E-state index in [1.165, 1.54) is 0 Å². The van der Waals surface area contributed by atoms with Crippen LogP contribution in [-0.4, -0.2) is 11.7 Å². The van der Waals surface area contributed by atoms with E-state index < -0.39 is 35.9 Å². The minimum atomic E-state index is -4.96. The Morgan fingerprint density at radius 3 is 1.82 bits per heavy atom. The molecule has 0 unspecified atom stereocenters. The summed E-state index contributed by atoms with van der Waals surface area (Å²) in [5.41, 5.74) is -2.84. The van der Waals surface area contributed by atoms with Crippen molar-refractivity contribution in [3.05, 3.63) is 70.8 Å². The molecule has 9 heteroatoms. The van der Waals surface area contributed by atoms with Gasteiger partial charge in [0.15, 0.2) is 5.78 Å². The number of rotatable bonds is 6. The summed E-state index contributed by atoms with van der Waals surface area (Å²) in [7, 11) is 0. The summed E-state index contributed by atoms with van der Waals surface area (Å²) in [6.45, 7) is -0.522. The Bertz CT molecular complexity index is 811. The van der Waals surface area contributed by atoms with Crippen LogP contribution in [0.25, 0.3) is 0 Å². The molecule has 0 saturated heterocycles. The Labute approximate surface area is 156 Å². The summed E-state index contributed by atoms with van der Waals surface area (Å²) < 4.78 is 76.9. The zero-order valence-electron chi connectivity index (χ0n) is 14.3. The number of halogens is 6. The first-order chi connectivity index (χ1) is 13.0. The van der Waals surface area contributed by atoms with E-state index in [1.807, 2.05) is 0 Å². The van der Waals surface area contributed by atoms with Crippen molar-refractivity contribution >= 4 is 11.7 Å². The molecule has 0 spiro atoms. The lowest BCUT2D eigenvalue weighted by Crippen LogP contribution is -2.24. The lowest BCUT2D eigenvalue weighted by molar-refractivity contribution is -0.143. The van der Waals surface area contributed by atoms with Crippen LogP contribution in [0.3, 0.4) is 0 Å². The molecule has 1 amide bonds. The number of amides is 1. The number of hydrogen-bond acceptors (Lipinski definition) is 2. The molecule has 0 aromatic heterocycles. The number of carbonyl (C=O) groups excluding carboxylic acids is 2. The Morgan fingerprint density at radius 1 is 0.786 bits per heavy atom. The molecule has 150 valence electrons. The zero-order chi connectivity index (χ0) is 20.9. The number of Topliss-reactive ketones (excluding diaryl/α,β-unsaturated/α-hetero) is 1. The maximum atomic E-state index is 12.8. The summed E-state index contributed by atoms with van der Waals surface area (Å²) in [5.74, 6) is -0.954. The highest BCUT2D eigenvalue weighted by Crippen LogP contribution is 2.36. The first-order valence-corrected chi connectivity index (χ1v) is 8.10. The summed E-state index contributed by atoms with van der Waals surface area (Å²) in [6.07, 6.45) is -10.3. The average molecular weight is 403 g/mol. The van der Waals surface area contributed by atoms with Crippen molar-refractivity contribution in [1.82, 2.24) is 5.32 Å². The third-order valence-electron chi connectivity index (χ3n) is 3.81. The fourth-order valence-corrected chi connectivity index (χ4v) is 2.41. The molecule has 0 bridgehead atoms. The van der Waals surface area contributed by atoms with Crippen LogP contribution in [-0.2, 0) is 23.7 Å². The van der Waals surface area contributed by atoms with E-state index in [0.717, 1.165) is 0 Å². The van der Waals surface area contributed by atoms with Gasteiger partial charge in [-0.1, -0.05) is 30.3 Å². The van der Waals surface area contributed by atoms with Gasteiger partial charge >= 0.3 is 12.4 Å². The number of carbonyl (C=O) groups is 2. The van der Waals surface area contributed by atoms with Gasteiger partial charge in [-0.15, -0.1) is 0 Å². The molecule has 2 rings (SSSR count). The molecule has 0 aliphatic heterocycles. The summed E-state index contributed by atoms with van der Waals surface area (Å²) >= 11 is 0. The second-order valence-corrected chi connectivity index (χ2v) is 5.98. The molecule has 3 nitrogen and oxygen atoms in total. The van der Waals surface area contributed by atoms with Crippen LogP contribution < -0.4 is 5.32 Å². The van der Waals surface area contributed by atoms with Crippen molar-refractivity contribution < 1.29 is 35.9 Å². The van der Waals surface area contributed by atoms with E-state index in [0.29, 0.717) is 17.7 Å². The van der Waals surface area contributed by atoms with Crippen molar-refractivity contribution in [2.24, 2.45) is 0 Å². The van der Waals surface area contributed by atoms with E-state index in [-0.39, 0.29) is 30.3 Å². The molecule has 0 atom stereocenters. The smallest absolute Gasteiger partial charge is 0.352 e. The van der Waals surface area contributed by atoms with Gasteiger partial charge in [0.2, 0.25) is 5.91 Å². The number of hydrogen-bond donors (Lipinski definition) is 1. The molecule has 1 N–H and O–H groups in total. The van der Waals surface area contributed by atoms with E-state index >= 15 is 0 Å². The van der Waals surface area contributed by atoms with Gasteiger partial charge in [-0.2, -0.15) is 26.3 Å². The predicted octanol–water partition coefficient (Wildman–Crippen LogP) is 5.00. The van der Waals surface area contributed by atoms with E-state index in [1.54, 1.807) is 30.3 Å². The third kappa shape index (κ3) is 6.11. The van der Waals surface area contributed by atoms with Gasteiger partial charge in [0, 0.05) is 24.9 Å². The van der Waals surface area contributed by atoms with Gasteiger partial charge in [-0.25, -0.2) is 0 Å². The second-order valence-electron chi connectivity index (χ2n) is 5.98. The van der Waals surface area contributed by atoms with Crippen LogP contribution in [0.4, 0.5) is 26.3 Å². The Morgan fingerprint density at radius 2 is 1.32 bits per heavy atom. The first kappa shape index (κ1) is 21.5. The second kappa shape index (κ2) is 8.45. The highest BCUT2D eigenvalue weighted by Gasteiger charge is 2.36. The largest absolute Gasteiger partial charge is 0.416 e. The van der Waals surface area contributed by atoms with Crippen molar-refractivity contribution in [3.63, 3.8) is 0 Å². The Hall–Kier alpha value is -2.84. The molecule has 0 fully saturated rings. The number of benzene rings is 2. The maximum Gasteiger partial charge on any atom is 0.416 e. The highest BCUT2D eigenvalue weighted by molar-refractivity contribution is 5.97. The Kier molecular flexibility index (Phi) is 6.48. The molecule has 28 heavy (non-hydrogen) atoms. The highest BCUT2D eigenvalue weighted by atomic mass is 19.4. The van der Waals surface area contributed by atoms with E-state index in [2.05, 4.69) is 5.32 Å². The van der Waals surface area contributed by atoms with Gasteiger partial charge in [0.25, 0.3) is 0 Å². The first-order valence-electron chi connectivity index (χ1n) is 8.10. The normalized spacial score (nSPS) is 11.9. The minimum Gasteiger partial charge on any atom is -0.352 e. The standard InChI is InChI=1S/C19H15F6NO2/c20-18(21,22)14-8-12(9-15(10-14)19(23,24)25)11-26-17(28)7-6-16(27)13-4-2-1-3-5-13/h1-5,8-10H,6-7,11H2,(H,26,28). The van der Waals surface area contributed by atoms with E-state index in [9.17, 15) is 35.9 Å². The van der Waals surface area contributed by atoms with Gasteiger partial charge in [0.1, 0.15) is 0 Å². The monoisotopic (exact) mass is 403 g/mol. The zero-order valence-corrected chi connectivity index (χ0v) is 14.3. The number of nitrogens with one attached hydrogen (secondary N) is 1. The molecule has 2 aromatic carbocycles. The fraction of sp³-hybridized carbons (Fsp3) is 0.263. The van der Waals surface area contributed by atoms with Crippen LogP contribution in [0.15, 0.2) is 48.5 Å². The van der Waals surface area contributed by atoms with Crippen molar-refractivity contribution in [3.8, 4) is 0 Å². The summed E-state index contributed by atoms with van der Waals surface area (Å²) in [6, 6.07) is 9.27. The molecule has 2 aromatic rings. The van der Waals surface area contributed by atoms with Gasteiger partial charge in [0.05, 0.1) is 11.1 Å². The summed E-state index contributed by atoms with van der Waals surface area (Å²) in [4.78, 5) is 23.7. The lowest BCUT2D eigenvalue weighted by Gasteiger charge is -2.14. The summed E-state index contributed by atoms with van der Waals surface area (Å²) in [5, 5.41) is 2.24. The SMILES string of the molecule is O=C(CCC(=O)c1ccccc1)NCc1cc(C(F)(F)F)cc(C(F)(F)F)c1. The number of ketones is 1. The molecule has 0 aliphatic carbocycles. The lowest BCUT2D eigenvalue weighted by atomic mass is 10.0. The van der Waals surface area contributed by atoms with Crippen molar-refractivity contribution in [2.45, 2.75) is 31.7 Å². The van der Waals surface area contributed by atoms with Gasteiger partial charge in [-0.05, 0) is 23.8 Å². The molecular weight excluding hydrogens is 388 g/mol. The van der Waals surface area contributed by atoms with Gasteiger partial charge in [-0.3, -0.25) is 9.59 Å². The average Bonchev–Trinajstić information content (AvgIpc) is 2.63. The van der Waals surface area contributed by atoms with Crippen LogP contribution in [0.1, 0.15) is 39.9 Å². The molecular formula is C19H15F6NO2. The molecule has 0 radical (unpaired) electrons. The van der Waals surface area contributed by atoms with Crippen LogP contribution >= 0.6 is 0 Å². The van der Waals surface area contributed by atoms with Crippen LogP contribution in [0.2, 0.25) is 0 Å². The molecule has 0 aliphatic rings. The van der Waals surface area contributed by atoms with Crippen molar-refractivity contribution in [2.75, 3.05) is 0 Å². The minimum absolute atomic E-state index is 0.0177.